The predicted molar refractivity (Wildman–Crippen MR) is 68.8 cm³/mol. The Bertz CT molecular complexity index is 328. The highest BCUT2D eigenvalue weighted by Gasteiger charge is 2.37. The first-order valence-electron chi connectivity index (χ1n) is 6.31. The van der Waals surface area contributed by atoms with E-state index in [4.69, 9.17) is 5.11 Å². The summed E-state index contributed by atoms with van der Waals surface area (Å²) < 4.78 is 0. The highest BCUT2D eigenvalue weighted by Crippen LogP contribution is 2.22. The molecule has 1 N–H and O–H groups in total. The van der Waals surface area contributed by atoms with E-state index >= 15 is 0 Å². The molecule has 0 aromatic carbocycles. The molecule has 1 aliphatic heterocycles. The van der Waals surface area contributed by atoms with Crippen molar-refractivity contribution in [1.29, 1.82) is 0 Å². The Morgan fingerprint density at radius 1 is 1.67 bits per heavy atom. The van der Waals surface area contributed by atoms with Gasteiger partial charge in [0.25, 0.3) is 0 Å². The van der Waals surface area contributed by atoms with Crippen LogP contribution in [-0.4, -0.2) is 59.0 Å². The van der Waals surface area contributed by atoms with Crippen LogP contribution in [0.2, 0.25) is 0 Å². The number of aliphatic hydroxyl groups excluding tert-OH is 1. The molecule has 1 unspecified atom stereocenters. The SMILES string of the molecule is C=CCN(CCO)C(=O)C1CC(=O)N(C(C)C)C1. The van der Waals surface area contributed by atoms with Gasteiger partial charge in [-0.25, -0.2) is 0 Å². The van der Waals surface area contributed by atoms with Crippen molar-refractivity contribution in [3.63, 3.8) is 0 Å². The third kappa shape index (κ3) is 3.32. The molecule has 1 fully saturated rings. The molecule has 1 saturated heterocycles. The number of amides is 2. The molecule has 0 aliphatic carbocycles. The average molecular weight is 254 g/mol. The second-order valence-corrected chi connectivity index (χ2v) is 4.84. The van der Waals surface area contributed by atoms with Crippen LogP contribution in [0.15, 0.2) is 12.7 Å². The summed E-state index contributed by atoms with van der Waals surface area (Å²) in [4.78, 5) is 27.3. The minimum Gasteiger partial charge on any atom is -0.395 e. The van der Waals surface area contributed by atoms with Gasteiger partial charge in [-0.1, -0.05) is 6.08 Å². The summed E-state index contributed by atoms with van der Waals surface area (Å²) in [5.74, 6) is -0.322. The van der Waals surface area contributed by atoms with Crippen LogP contribution in [0.4, 0.5) is 0 Å². The lowest BCUT2D eigenvalue weighted by molar-refractivity contribution is -0.135. The van der Waals surface area contributed by atoms with Gasteiger partial charge in [0.05, 0.1) is 12.5 Å². The highest BCUT2D eigenvalue weighted by atomic mass is 16.3. The Labute approximate surface area is 108 Å². The van der Waals surface area contributed by atoms with E-state index in [1.165, 1.54) is 0 Å². The van der Waals surface area contributed by atoms with E-state index in [1.54, 1.807) is 15.9 Å². The minimum absolute atomic E-state index is 0.0332. The van der Waals surface area contributed by atoms with Crippen LogP contribution >= 0.6 is 0 Å². The van der Waals surface area contributed by atoms with Crippen LogP contribution in [0.5, 0.6) is 0 Å². The Morgan fingerprint density at radius 2 is 2.33 bits per heavy atom. The molecule has 0 spiro atoms. The Balaban J connectivity index is 2.67. The third-order valence-corrected chi connectivity index (χ3v) is 3.16. The Hall–Kier alpha value is -1.36. The predicted octanol–water partition coefficient (Wildman–Crippen LogP) is 0.250. The fraction of sp³-hybridized carbons (Fsp3) is 0.692. The maximum Gasteiger partial charge on any atom is 0.228 e. The molecule has 1 heterocycles. The van der Waals surface area contributed by atoms with Crippen LogP contribution in [0, 0.1) is 5.92 Å². The van der Waals surface area contributed by atoms with Gasteiger partial charge >= 0.3 is 0 Å². The molecule has 0 saturated carbocycles. The van der Waals surface area contributed by atoms with E-state index in [2.05, 4.69) is 6.58 Å². The number of rotatable bonds is 6. The molecule has 0 aromatic rings. The number of hydrogen-bond acceptors (Lipinski definition) is 3. The van der Waals surface area contributed by atoms with Crippen molar-refractivity contribution >= 4 is 11.8 Å². The maximum atomic E-state index is 12.2. The van der Waals surface area contributed by atoms with Crippen molar-refractivity contribution in [2.75, 3.05) is 26.2 Å². The van der Waals surface area contributed by atoms with E-state index < -0.39 is 0 Å². The van der Waals surface area contributed by atoms with Crippen LogP contribution in [0.25, 0.3) is 0 Å². The number of nitrogens with zero attached hydrogens (tertiary/aromatic N) is 2. The largest absolute Gasteiger partial charge is 0.395 e. The molecule has 102 valence electrons. The molecule has 0 radical (unpaired) electrons. The van der Waals surface area contributed by atoms with Gasteiger partial charge in [0.1, 0.15) is 0 Å². The number of likely N-dealkylation sites (tertiary alicyclic amines) is 1. The summed E-state index contributed by atoms with van der Waals surface area (Å²) in [5.41, 5.74) is 0. The fourth-order valence-corrected chi connectivity index (χ4v) is 2.22. The van der Waals surface area contributed by atoms with Crippen molar-refractivity contribution in [2.24, 2.45) is 5.92 Å². The molecule has 0 bridgehead atoms. The van der Waals surface area contributed by atoms with Crippen molar-refractivity contribution in [2.45, 2.75) is 26.3 Å². The standard InChI is InChI=1S/C13H22N2O3/c1-4-5-14(6-7-16)13(18)11-8-12(17)15(9-11)10(2)3/h4,10-11,16H,1,5-9H2,2-3H3. The lowest BCUT2D eigenvalue weighted by Gasteiger charge is -2.24. The molecule has 1 aliphatic rings. The zero-order chi connectivity index (χ0) is 13.7. The molecular weight excluding hydrogens is 232 g/mol. The summed E-state index contributed by atoms with van der Waals surface area (Å²) in [6, 6.07) is 0.126. The second kappa shape index (κ2) is 6.54. The summed E-state index contributed by atoms with van der Waals surface area (Å²) in [6.45, 7) is 8.59. The molecule has 1 rings (SSSR count). The van der Waals surface area contributed by atoms with Crippen molar-refractivity contribution in [1.82, 2.24) is 9.80 Å². The third-order valence-electron chi connectivity index (χ3n) is 3.16. The zero-order valence-corrected chi connectivity index (χ0v) is 11.1. The van der Waals surface area contributed by atoms with Crippen LogP contribution in [0.1, 0.15) is 20.3 Å². The smallest absolute Gasteiger partial charge is 0.228 e. The second-order valence-electron chi connectivity index (χ2n) is 4.84. The van der Waals surface area contributed by atoms with E-state index in [9.17, 15) is 9.59 Å². The molecule has 0 aromatic heterocycles. The average Bonchev–Trinajstić information content (AvgIpc) is 2.70. The van der Waals surface area contributed by atoms with Gasteiger partial charge < -0.3 is 14.9 Å². The summed E-state index contributed by atoms with van der Waals surface area (Å²) >= 11 is 0. The van der Waals surface area contributed by atoms with Crippen LogP contribution in [0.3, 0.4) is 0 Å². The van der Waals surface area contributed by atoms with Gasteiger partial charge in [-0.05, 0) is 13.8 Å². The van der Waals surface area contributed by atoms with Crippen LogP contribution in [-0.2, 0) is 9.59 Å². The van der Waals surface area contributed by atoms with E-state index in [1.807, 2.05) is 13.8 Å². The molecule has 5 heteroatoms. The first-order valence-corrected chi connectivity index (χ1v) is 6.31. The molecular formula is C13H22N2O3. The fourth-order valence-electron chi connectivity index (χ4n) is 2.22. The quantitative estimate of drug-likeness (QED) is 0.691. The lowest BCUT2D eigenvalue weighted by atomic mass is 10.1. The highest BCUT2D eigenvalue weighted by molar-refractivity contribution is 5.89. The summed E-state index contributed by atoms with van der Waals surface area (Å²) in [6.07, 6.45) is 1.90. The van der Waals surface area contributed by atoms with E-state index in [0.29, 0.717) is 13.1 Å². The van der Waals surface area contributed by atoms with Gasteiger partial charge in [0.15, 0.2) is 0 Å². The van der Waals surface area contributed by atoms with E-state index in [0.717, 1.165) is 0 Å². The summed E-state index contributed by atoms with van der Waals surface area (Å²) in [7, 11) is 0. The summed E-state index contributed by atoms with van der Waals surface area (Å²) in [5, 5.41) is 8.94. The molecule has 5 nitrogen and oxygen atoms in total. The number of hydrogen-bond donors (Lipinski definition) is 1. The molecule has 18 heavy (non-hydrogen) atoms. The number of aliphatic hydroxyl groups is 1. The van der Waals surface area contributed by atoms with E-state index in [-0.39, 0.29) is 43.3 Å². The lowest BCUT2D eigenvalue weighted by Crippen LogP contribution is -2.40. The molecule has 1 atom stereocenters. The van der Waals surface area contributed by atoms with Gasteiger partial charge in [-0.15, -0.1) is 6.58 Å². The number of carbonyl (C=O) groups excluding carboxylic acids is 2. The Morgan fingerprint density at radius 3 is 2.78 bits per heavy atom. The first kappa shape index (κ1) is 14.7. The van der Waals surface area contributed by atoms with Crippen molar-refractivity contribution in [3.05, 3.63) is 12.7 Å². The van der Waals surface area contributed by atoms with Crippen LogP contribution < -0.4 is 0 Å². The maximum absolute atomic E-state index is 12.2. The molecule has 2 amide bonds. The van der Waals surface area contributed by atoms with Gasteiger partial charge in [0, 0.05) is 32.1 Å². The van der Waals surface area contributed by atoms with Crippen molar-refractivity contribution in [3.8, 4) is 0 Å². The monoisotopic (exact) mass is 254 g/mol. The first-order chi connectivity index (χ1) is 8.51. The van der Waals surface area contributed by atoms with Crippen molar-refractivity contribution < 1.29 is 14.7 Å². The van der Waals surface area contributed by atoms with Gasteiger partial charge in [-0.3, -0.25) is 9.59 Å². The Kier molecular flexibility index (Phi) is 5.34. The topological polar surface area (TPSA) is 60.9 Å². The zero-order valence-electron chi connectivity index (χ0n) is 11.1. The van der Waals surface area contributed by atoms with Gasteiger partial charge in [-0.2, -0.15) is 0 Å². The minimum atomic E-state index is -0.286. The number of carbonyl (C=O) groups is 2. The van der Waals surface area contributed by atoms with Gasteiger partial charge in [0.2, 0.25) is 11.8 Å². The normalized spacial score (nSPS) is 19.4.